The summed E-state index contributed by atoms with van der Waals surface area (Å²) >= 11 is 5.97. The minimum absolute atomic E-state index is 0.0179. The number of rotatable bonds is 8. The van der Waals surface area contributed by atoms with Gasteiger partial charge in [0.2, 0.25) is 0 Å². The molecule has 0 spiro atoms. The average Bonchev–Trinajstić information content (AvgIpc) is 2.84. The molecule has 0 saturated carbocycles. The first-order valence-electron chi connectivity index (χ1n) is 9.68. The van der Waals surface area contributed by atoms with Gasteiger partial charge in [0.15, 0.2) is 0 Å². The molecule has 0 aromatic heterocycles. The van der Waals surface area contributed by atoms with Crippen LogP contribution in [0.5, 0.6) is 11.5 Å². The number of halogens is 1. The highest BCUT2D eigenvalue weighted by Crippen LogP contribution is 2.27. The number of benzene rings is 3. The monoisotopic (exact) mass is 513 g/mol. The third kappa shape index (κ3) is 6.35. The SMILES string of the molecule is COc1ccc(S(=O)(=O)Oc2ccc(/C=C(\C#N)C(=O)Nc3cc([N+](=O)[O-])ccc3Cl)cc2)cc1. The van der Waals surface area contributed by atoms with Gasteiger partial charge in [0.05, 0.1) is 22.7 Å². The molecule has 1 N–H and O–H groups in total. The Morgan fingerprint density at radius 3 is 2.29 bits per heavy atom. The van der Waals surface area contributed by atoms with Crippen LogP contribution in [-0.2, 0) is 14.9 Å². The lowest BCUT2D eigenvalue weighted by molar-refractivity contribution is -0.384. The number of non-ortho nitro benzene ring substituents is 1. The van der Waals surface area contributed by atoms with Crippen molar-refractivity contribution in [3.63, 3.8) is 0 Å². The van der Waals surface area contributed by atoms with Gasteiger partial charge in [-0.15, -0.1) is 0 Å². The number of carbonyl (C=O) groups is 1. The molecule has 10 nitrogen and oxygen atoms in total. The van der Waals surface area contributed by atoms with Crippen LogP contribution in [0.4, 0.5) is 11.4 Å². The number of nitro benzene ring substituents is 1. The Labute approximate surface area is 205 Å². The summed E-state index contributed by atoms with van der Waals surface area (Å²) in [5.41, 5.74) is -0.227. The van der Waals surface area contributed by atoms with Crippen molar-refractivity contribution in [2.24, 2.45) is 0 Å². The number of anilines is 1. The molecule has 0 fully saturated rings. The molecule has 35 heavy (non-hydrogen) atoms. The van der Waals surface area contributed by atoms with E-state index in [9.17, 15) is 28.6 Å². The zero-order valence-electron chi connectivity index (χ0n) is 18.0. The molecule has 0 aliphatic rings. The van der Waals surface area contributed by atoms with Crippen LogP contribution in [0.2, 0.25) is 5.02 Å². The molecule has 0 heterocycles. The molecule has 12 heteroatoms. The van der Waals surface area contributed by atoms with E-state index in [-0.39, 0.29) is 32.6 Å². The summed E-state index contributed by atoms with van der Waals surface area (Å²) in [6.07, 6.45) is 1.25. The van der Waals surface area contributed by atoms with Crippen LogP contribution in [0.25, 0.3) is 6.08 Å². The summed E-state index contributed by atoms with van der Waals surface area (Å²) < 4.78 is 35.0. The molecular formula is C23H16ClN3O7S. The maximum atomic E-state index is 12.5. The summed E-state index contributed by atoms with van der Waals surface area (Å²) in [7, 11) is -2.63. The average molecular weight is 514 g/mol. The van der Waals surface area contributed by atoms with E-state index in [1.807, 2.05) is 0 Å². The first-order chi connectivity index (χ1) is 16.6. The molecule has 0 saturated heterocycles. The lowest BCUT2D eigenvalue weighted by Crippen LogP contribution is -2.14. The van der Waals surface area contributed by atoms with Crippen molar-refractivity contribution in [2.45, 2.75) is 4.90 Å². The van der Waals surface area contributed by atoms with Crippen molar-refractivity contribution in [1.29, 1.82) is 5.26 Å². The highest BCUT2D eigenvalue weighted by Gasteiger charge is 2.17. The van der Waals surface area contributed by atoms with E-state index in [1.165, 1.54) is 73.8 Å². The van der Waals surface area contributed by atoms with Crippen LogP contribution in [0.1, 0.15) is 5.56 Å². The number of carbonyl (C=O) groups excluding carboxylic acids is 1. The largest absolute Gasteiger partial charge is 0.497 e. The van der Waals surface area contributed by atoms with Gasteiger partial charge in [-0.25, -0.2) is 0 Å². The predicted octanol–water partition coefficient (Wildman–Crippen LogP) is 4.57. The Balaban J connectivity index is 1.75. The zero-order chi connectivity index (χ0) is 25.6. The van der Waals surface area contributed by atoms with Crippen LogP contribution < -0.4 is 14.2 Å². The number of amides is 1. The molecule has 1 amide bonds. The van der Waals surface area contributed by atoms with Gasteiger partial charge >= 0.3 is 10.1 Å². The highest BCUT2D eigenvalue weighted by atomic mass is 35.5. The fraction of sp³-hybridized carbons (Fsp3) is 0.0435. The van der Waals surface area contributed by atoms with Crippen molar-refractivity contribution >= 4 is 45.1 Å². The Morgan fingerprint density at radius 1 is 1.09 bits per heavy atom. The Bertz CT molecular complexity index is 1450. The molecule has 0 aliphatic carbocycles. The lowest BCUT2D eigenvalue weighted by Gasteiger charge is -2.08. The van der Waals surface area contributed by atoms with Crippen molar-refractivity contribution < 1.29 is 27.1 Å². The van der Waals surface area contributed by atoms with E-state index in [1.54, 1.807) is 6.07 Å². The van der Waals surface area contributed by atoms with Crippen LogP contribution >= 0.6 is 11.6 Å². The summed E-state index contributed by atoms with van der Waals surface area (Å²) in [5, 5.41) is 22.7. The second-order valence-corrected chi connectivity index (χ2v) is 8.78. The van der Waals surface area contributed by atoms with Gasteiger partial charge < -0.3 is 14.2 Å². The van der Waals surface area contributed by atoms with Crippen LogP contribution in [0.3, 0.4) is 0 Å². The van der Waals surface area contributed by atoms with E-state index in [0.29, 0.717) is 11.3 Å². The molecule has 3 rings (SSSR count). The summed E-state index contributed by atoms with van der Waals surface area (Å²) in [6, 6.07) is 16.5. The number of nitro groups is 1. The van der Waals surface area contributed by atoms with Crippen molar-refractivity contribution in [1.82, 2.24) is 0 Å². The summed E-state index contributed by atoms with van der Waals surface area (Å²) in [4.78, 5) is 22.7. The molecule has 0 radical (unpaired) electrons. The second kappa shape index (κ2) is 10.7. The van der Waals surface area contributed by atoms with E-state index < -0.39 is 20.9 Å². The van der Waals surface area contributed by atoms with Gasteiger partial charge in [-0.05, 0) is 54.1 Å². The van der Waals surface area contributed by atoms with Gasteiger partial charge in [0.25, 0.3) is 11.6 Å². The minimum Gasteiger partial charge on any atom is -0.497 e. The molecule has 3 aromatic carbocycles. The molecular weight excluding hydrogens is 498 g/mol. The predicted molar refractivity (Wildman–Crippen MR) is 128 cm³/mol. The number of hydrogen-bond donors (Lipinski definition) is 1. The summed E-state index contributed by atoms with van der Waals surface area (Å²) in [5.74, 6) is -0.327. The van der Waals surface area contributed by atoms with Gasteiger partial charge in [-0.2, -0.15) is 13.7 Å². The third-order valence-corrected chi connectivity index (χ3v) is 6.11. The zero-order valence-corrected chi connectivity index (χ0v) is 19.5. The van der Waals surface area contributed by atoms with Crippen LogP contribution in [0.15, 0.2) is 77.2 Å². The van der Waals surface area contributed by atoms with Gasteiger partial charge in [-0.1, -0.05) is 23.7 Å². The smallest absolute Gasteiger partial charge is 0.339 e. The maximum Gasteiger partial charge on any atom is 0.339 e. The van der Waals surface area contributed by atoms with Crippen molar-refractivity contribution in [3.8, 4) is 17.6 Å². The van der Waals surface area contributed by atoms with Crippen LogP contribution in [-0.4, -0.2) is 26.4 Å². The number of nitrogens with zero attached hydrogens (tertiary/aromatic N) is 2. The molecule has 178 valence electrons. The van der Waals surface area contributed by atoms with Gasteiger partial charge in [0.1, 0.15) is 28.0 Å². The van der Waals surface area contributed by atoms with Gasteiger partial charge in [0, 0.05) is 12.1 Å². The van der Waals surface area contributed by atoms with E-state index >= 15 is 0 Å². The third-order valence-electron chi connectivity index (χ3n) is 4.52. The Morgan fingerprint density at radius 2 is 1.71 bits per heavy atom. The minimum atomic E-state index is -4.09. The highest BCUT2D eigenvalue weighted by molar-refractivity contribution is 7.87. The lowest BCUT2D eigenvalue weighted by atomic mass is 10.1. The number of nitrogens with one attached hydrogen (secondary N) is 1. The van der Waals surface area contributed by atoms with Crippen molar-refractivity contribution in [3.05, 3.63) is 93.0 Å². The molecule has 0 atom stereocenters. The van der Waals surface area contributed by atoms with E-state index in [2.05, 4.69) is 5.32 Å². The normalized spacial score (nSPS) is 11.3. The number of methoxy groups -OCH3 is 1. The van der Waals surface area contributed by atoms with Crippen LogP contribution in [0, 0.1) is 21.4 Å². The first-order valence-corrected chi connectivity index (χ1v) is 11.5. The fourth-order valence-corrected chi connectivity index (χ4v) is 3.86. The summed E-state index contributed by atoms with van der Waals surface area (Å²) in [6.45, 7) is 0. The Kier molecular flexibility index (Phi) is 7.70. The molecule has 0 bridgehead atoms. The first kappa shape index (κ1) is 25.2. The second-order valence-electron chi connectivity index (χ2n) is 6.83. The molecule has 0 aliphatic heterocycles. The maximum absolute atomic E-state index is 12.5. The Hall–Kier alpha value is -4.40. The fourth-order valence-electron chi connectivity index (χ4n) is 2.76. The standard InChI is InChI=1S/C23H16ClN3O7S/c1-33-18-7-9-20(10-8-18)35(31,32)34-19-5-2-15(3-6-19)12-16(14-25)23(28)26-22-13-17(27(29)30)4-11-21(22)24/h2-13H,1H3,(H,26,28)/b16-12+. The molecule has 3 aromatic rings. The van der Waals surface area contributed by atoms with E-state index in [4.69, 9.17) is 20.5 Å². The van der Waals surface area contributed by atoms with E-state index in [0.717, 1.165) is 6.07 Å². The number of ether oxygens (including phenoxy) is 1. The topological polar surface area (TPSA) is 149 Å². The number of nitriles is 1. The van der Waals surface area contributed by atoms with Crippen molar-refractivity contribution in [2.75, 3.05) is 12.4 Å². The van der Waals surface area contributed by atoms with Gasteiger partial charge in [-0.3, -0.25) is 14.9 Å². The quantitative estimate of drug-likeness (QED) is 0.151. The number of hydrogen-bond acceptors (Lipinski definition) is 8. The molecule has 0 unspecified atom stereocenters.